The standard InChI is InChI=1S/C25H30N8O3/c1-13(2)20-10-18(19-11-26-32(14(3)4)23(19)29-20)24(35)36-12-22(34)30-21-9-17(7)31-33(21)25-27-15(5)8-16(6)28-25/h8-11,13-14H,12H2,1-7H3,(H,30,34). The van der Waals surface area contributed by atoms with Gasteiger partial charge in [-0.3, -0.25) is 4.79 Å². The Morgan fingerprint density at radius 2 is 1.67 bits per heavy atom. The number of esters is 1. The second kappa shape index (κ2) is 9.84. The van der Waals surface area contributed by atoms with E-state index >= 15 is 0 Å². The van der Waals surface area contributed by atoms with Gasteiger partial charge in [-0.2, -0.15) is 14.9 Å². The van der Waals surface area contributed by atoms with Crippen LogP contribution in [0.4, 0.5) is 5.82 Å². The summed E-state index contributed by atoms with van der Waals surface area (Å²) in [6.07, 6.45) is 1.61. The lowest BCUT2D eigenvalue weighted by molar-refractivity contribution is -0.119. The van der Waals surface area contributed by atoms with Crippen molar-refractivity contribution >= 4 is 28.7 Å². The molecule has 0 aromatic carbocycles. The third kappa shape index (κ3) is 5.09. The molecule has 0 bridgehead atoms. The van der Waals surface area contributed by atoms with E-state index in [4.69, 9.17) is 9.72 Å². The maximum absolute atomic E-state index is 13.0. The van der Waals surface area contributed by atoms with Crippen LogP contribution in [0.5, 0.6) is 0 Å². The van der Waals surface area contributed by atoms with Crippen LogP contribution in [0.3, 0.4) is 0 Å². The van der Waals surface area contributed by atoms with Gasteiger partial charge in [-0.05, 0) is 52.7 Å². The first-order valence-corrected chi connectivity index (χ1v) is 11.8. The fraction of sp³-hybridized carbons (Fsp3) is 0.400. The summed E-state index contributed by atoms with van der Waals surface area (Å²) in [4.78, 5) is 39.2. The summed E-state index contributed by atoms with van der Waals surface area (Å²) in [7, 11) is 0. The van der Waals surface area contributed by atoms with E-state index in [2.05, 4.69) is 25.5 Å². The summed E-state index contributed by atoms with van der Waals surface area (Å²) in [5.74, 6) is -0.317. The second-order valence-corrected chi connectivity index (χ2v) is 9.33. The Labute approximate surface area is 208 Å². The zero-order chi connectivity index (χ0) is 26.1. The molecule has 1 amide bonds. The van der Waals surface area contributed by atoms with Gasteiger partial charge in [-0.1, -0.05) is 13.8 Å². The minimum absolute atomic E-state index is 0.0709. The van der Waals surface area contributed by atoms with Gasteiger partial charge in [0, 0.05) is 29.2 Å². The monoisotopic (exact) mass is 490 g/mol. The predicted octanol–water partition coefficient (Wildman–Crippen LogP) is 3.83. The van der Waals surface area contributed by atoms with Crippen LogP contribution in [-0.4, -0.2) is 53.0 Å². The van der Waals surface area contributed by atoms with Crippen LogP contribution in [0.2, 0.25) is 0 Å². The molecule has 0 atom stereocenters. The smallest absolute Gasteiger partial charge is 0.339 e. The number of anilines is 1. The third-order valence-electron chi connectivity index (χ3n) is 5.48. The van der Waals surface area contributed by atoms with Crippen molar-refractivity contribution in [3.63, 3.8) is 0 Å². The number of carbonyl (C=O) groups excluding carboxylic acids is 2. The quantitative estimate of drug-likeness (QED) is 0.387. The van der Waals surface area contributed by atoms with E-state index in [1.54, 1.807) is 29.9 Å². The van der Waals surface area contributed by atoms with E-state index in [0.29, 0.717) is 34.1 Å². The fourth-order valence-electron chi connectivity index (χ4n) is 3.81. The van der Waals surface area contributed by atoms with E-state index in [1.807, 2.05) is 47.6 Å². The Hall–Kier alpha value is -4.15. The molecule has 0 spiro atoms. The van der Waals surface area contributed by atoms with Gasteiger partial charge in [0.05, 0.1) is 22.8 Å². The van der Waals surface area contributed by atoms with Gasteiger partial charge in [0.1, 0.15) is 5.82 Å². The number of carbonyl (C=O) groups is 2. The number of hydrogen-bond donors (Lipinski definition) is 1. The van der Waals surface area contributed by atoms with E-state index in [9.17, 15) is 9.59 Å². The van der Waals surface area contributed by atoms with Crippen molar-refractivity contribution in [2.24, 2.45) is 0 Å². The number of nitrogens with one attached hydrogen (secondary N) is 1. The topological polar surface area (TPSA) is 130 Å². The minimum Gasteiger partial charge on any atom is -0.452 e. The molecule has 188 valence electrons. The zero-order valence-corrected chi connectivity index (χ0v) is 21.5. The molecule has 0 aliphatic carbocycles. The van der Waals surface area contributed by atoms with E-state index < -0.39 is 18.5 Å². The molecule has 0 fully saturated rings. The van der Waals surface area contributed by atoms with Crippen molar-refractivity contribution in [2.75, 3.05) is 11.9 Å². The first-order valence-electron chi connectivity index (χ1n) is 11.8. The number of fused-ring (bicyclic) bond motifs is 1. The number of hydrogen-bond acceptors (Lipinski definition) is 8. The third-order valence-corrected chi connectivity index (χ3v) is 5.48. The molecule has 36 heavy (non-hydrogen) atoms. The lowest BCUT2D eigenvalue weighted by atomic mass is 10.1. The summed E-state index contributed by atoms with van der Waals surface area (Å²) >= 11 is 0. The molecule has 4 rings (SSSR count). The molecule has 0 radical (unpaired) electrons. The molecule has 0 saturated carbocycles. The molecule has 1 N–H and O–H groups in total. The molecule has 0 aliphatic heterocycles. The Balaban J connectivity index is 1.53. The maximum Gasteiger partial charge on any atom is 0.339 e. The first-order chi connectivity index (χ1) is 17.0. The molecule has 11 heteroatoms. The summed E-state index contributed by atoms with van der Waals surface area (Å²) in [6.45, 7) is 13.0. The van der Waals surface area contributed by atoms with Gasteiger partial charge in [0.15, 0.2) is 12.3 Å². The van der Waals surface area contributed by atoms with Crippen LogP contribution in [0.1, 0.15) is 72.8 Å². The molecule has 11 nitrogen and oxygen atoms in total. The zero-order valence-electron chi connectivity index (χ0n) is 21.5. The van der Waals surface area contributed by atoms with Gasteiger partial charge < -0.3 is 10.1 Å². The number of pyridine rings is 1. The van der Waals surface area contributed by atoms with Crippen LogP contribution in [0, 0.1) is 20.8 Å². The second-order valence-electron chi connectivity index (χ2n) is 9.33. The SMILES string of the molecule is Cc1cc(C)nc(-n2nc(C)cc2NC(=O)COC(=O)c2cc(C(C)C)nc3c2cnn3C(C)C)n1. The normalized spacial score (nSPS) is 11.5. The van der Waals surface area contributed by atoms with Gasteiger partial charge >= 0.3 is 5.97 Å². The molecular formula is C25H30N8O3. The van der Waals surface area contributed by atoms with Crippen LogP contribution in [0.25, 0.3) is 17.0 Å². The number of nitrogens with zero attached hydrogens (tertiary/aromatic N) is 7. The molecule has 4 aromatic rings. The summed E-state index contributed by atoms with van der Waals surface area (Å²) in [5, 5.41) is 12.1. The van der Waals surface area contributed by atoms with Crippen molar-refractivity contribution in [2.45, 2.75) is 60.4 Å². The first kappa shape index (κ1) is 25.0. The van der Waals surface area contributed by atoms with Gasteiger partial charge in [-0.15, -0.1) is 0 Å². The van der Waals surface area contributed by atoms with E-state index in [1.165, 1.54) is 4.68 Å². The number of amides is 1. The Morgan fingerprint density at radius 3 is 2.31 bits per heavy atom. The average Bonchev–Trinajstić information content (AvgIpc) is 3.39. The van der Waals surface area contributed by atoms with Crippen LogP contribution >= 0.6 is 0 Å². The maximum atomic E-state index is 13.0. The lowest BCUT2D eigenvalue weighted by Crippen LogP contribution is -2.23. The Bertz CT molecular complexity index is 1430. The van der Waals surface area contributed by atoms with Crippen molar-refractivity contribution < 1.29 is 14.3 Å². The number of rotatable bonds is 7. The number of ether oxygens (including phenoxy) is 1. The van der Waals surface area contributed by atoms with Gasteiger partial charge in [-0.25, -0.2) is 24.4 Å². The van der Waals surface area contributed by atoms with Crippen molar-refractivity contribution in [1.29, 1.82) is 0 Å². The largest absolute Gasteiger partial charge is 0.452 e. The van der Waals surface area contributed by atoms with Crippen LogP contribution < -0.4 is 5.32 Å². The molecule has 0 unspecified atom stereocenters. The Kier molecular flexibility index (Phi) is 6.82. The molecule has 4 aromatic heterocycles. The van der Waals surface area contributed by atoms with Crippen LogP contribution in [-0.2, 0) is 9.53 Å². The number of aryl methyl sites for hydroxylation is 3. The molecule has 0 aliphatic rings. The predicted molar refractivity (Wildman–Crippen MR) is 134 cm³/mol. The highest BCUT2D eigenvalue weighted by Gasteiger charge is 2.21. The molecule has 0 saturated heterocycles. The van der Waals surface area contributed by atoms with E-state index in [0.717, 1.165) is 17.1 Å². The highest BCUT2D eigenvalue weighted by Crippen LogP contribution is 2.25. The van der Waals surface area contributed by atoms with Crippen molar-refractivity contribution in [3.8, 4) is 5.95 Å². The van der Waals surface area contributed by atoms with Crippen molar-refractivity contribution in [1.82, 2.24) is 34.5 Å². The minimum atomic E-state index is -0.620. The number of aromatic nitrogens is 7. The Morgan fingerprint density at radius 1 is 0.972 bits per heavy atom. The van der Waals surface area contributed by atoms with Crippen LogP contribution in [0.15, 0.2) is 24.4 Å². The molecular weight excluding hydrogens is 460 g/mol. The average molecular weight is 491 g/mol. The summed E-state index contributed by atoms with van der Waals surface area (Å²) in [6, 6.07) is 5.32. The highest BCUT2D eigenvalue weighted by atomic mass is 16.5. The van der Waals surface area contributed by atoms with E-state index in [-0.39, 0.29) is 12.0 Å². The highest BCUT2D eigenvalue weighted by molar-refractivity contribution is 6.03. The molecule has 4 heterocycles. The van der Waals surface area contributed by atoms with Crippen molar-refractivity contribution in [3.05, 3.63) is 52.7 Å². The lowest BCUT2D eigenvalue weighted by Gasteiger charge is -2.12. The summed E-state index contributed by atoms with van der Waals surface area (Å²) < 4.78 is 8.61. The van der Waals surface area contributed by atoms with Gasteiger partial charge in [0.2, 0.25) is 0 Å². The fourth-order valence-corrected chi connectivity index (χ4v) is 3.81. The van der Waals surface area contributed by atoms with Gasteiger partial charge in [0.25, 0.3) is 11.9 Å². The summed E-state index contributed by atoms with van der Waals surface area (Å²) in [5.41, 5.74) is 3.92.